The van der Waals surface area contributed by atoms with E-state index in [2.05, 4.69) is 55.0 Å². The largest absolute Gasteiger partial charge is 0.326 e. The molecule has 2 unspecified atom stereocenters. The van der Waals surface area contributed by atoms with Gasteiger partial charge in [-0.1, -0.05) is 29.8 Å². The Kier molecular flexibility index (Phi) is 4.88. The van der Waals surface area contributed by atoms with Crippen LogP contribution in [0.1, 0.15) is 29.7 Å². The van der Waals surface area contributed by atoms with Crippen LogP contribution >= 0.6 is 0 Å². The standard InChI is InChI=1S/C17H23N3/c1-13-5-4-6-16(11-13)17(14(2)18)20(3)12-15-7-9-19-10-8-15/h4-11,14,17H,12,18H2,1-3H3. The van der Waals surface area contributed by atoms with Crippen molar-refractivity contribution in [1.29, 1.82) is 0 Å². The first-order valence-electron chi connectivity index (χ1n) is 6.99. The molecule has 0 saturated heterocycles. The van der Waals surface area contributed by atoms with Gasteiger partial charge in [-0.3, -0.25) is 9.88 Å². The highest BCUT2D eigenvalue weighted by molar-refractivity contribution is 5.26. The summed E-state index contributed by atoms with van der Waals surface area (Å²) < 4.78 is 0. The zero-order valence-corrected chi connectivity index (χ0v) is 12.5. The molecule has 2 rings (SSSR count). The number of nitrogens with two attached hydrogens (primary N) is 1. The molecule has 1 aromatic carbocycles. The number of hydrogen-bond donors (Lipinski definition) is 1. The summed E-state index contributed by atoms with van der Waals surface area (Å²) in [5, 5.41) is 0. The average Bonchev–Trinajstić information content (AvgIpc) is 2.39. The normalized spacial score (nSPS) is 14.2. The van der Waals surface area contributed by atoms with Crippen LogP contribution in [-0.4, -0.2) is 23.0 Å². The monoisotopic (exact) mass is 269 g/mol. The Bertz CT molecular complexity index is 537. The molecule has 2 N–H and O–H groups in total. The second kappa shape index (κ2) is 6.64. The van der Waals surface area contributed by atoms with Crippen LogP contribution in [0.3, 0.4) is 0 Å². The first kappa shape index (κ1) is 14.7. The fourth-order valence-corrected chi connectivity index (χ4v) is 2.69. The summed E-state index contributed by atoms with van der Waals surface area (Å²) in [5.74, 6) is 0. The minimum Gasteiger partial charge on any atom is -0.326 e. The van der Waals surface area contributed by atoms with Gasteiger partial charge in [0, 0.05) is 31.0 Å². The van der Waals surface area contributed by atoms with Gasteiger partial charge in [0.25, 0.3) is 0 Å². The summed E-state index contributed by atoms with van der Waals surface area (Å²) in [6.45, 7) is 5.04. The highest BCUT2D eigenvalue weighted by atomic mass is 15.1. The summed E-state index contributed by atoms with van der Waals surface area (Å²) >= 11 is 0. The Morgan fingerprint density at radius 2 is 1.90 bits per heavy atom. The van der Waals surface area contributed by atoms with E-state index in [-0.39, 0.29) is 12.1 Å². The van der Waals surface area contributed by atoms with Gasteiger partial charge in [0.1, 0.15) is 0 Å². The third-order valence-electron chi connectivity index (χ3n) is 3.54. The maximum atomic E-state index is 6.22. The molecule has 0 saturated carbocycles. The fourth-order valence-electron chi connectivity index (χ4n) is 2.69. The molecule has 0 radical (unpaired) electrons. The molecule has 2 aromatic rings. The van der Waals surface area contributed by atoms with E-state index in [0.717, 1.165) is 6.54 Å². The van der Waals surface area contributed by atoms with Crippen LogP contribution in [0.4, 0.5) is 0 Å². The predicted octanol–water partition coefficient (Wildman–Crippen LogP) is 2.91. The molecule has 0 aliphatic heterocycles. The van der Waals surface area contributed by atoms with E-state index < -0.39 is 0 Å². The topological polar surface area (TPSA) is 42.1 Å². The van der Waals surface area contributed by atoms with Crippen molar-refractivity contribution >= 4 is 0 Å². The Morgan fingerprint density at radius 1 is 1.20 bits per heavy atom. The lowest BCUT2D eigenvalue weighted by molar-refractivity contribution is 0.211. The van der Waals surface area contributed by atoms with Crippen LogP contribution in [-0.2, 0) is 6.54 Å². The smallest absolute Gasteiger partial charge is 0.0497 e. The van der Waals surface area contributed by atoms with Gasteiger partial charge in [-0.05, 0) is 44.2 Å². The van der Waals surface area contributed by atoms with E-state index in [1.165, 1.54) is 16.7 Å². The van der Waals surface area contributed by atoms with Crippen LogP contribution in [0, 0.1) is 6.92 Å². The number of rotatable bonds is 5. The minimum absolute atomic E-state index is 0.0728. The van der Waals surface area contributed by atoms with Crippen LogP contribution < -0.4 is 5.73 Å². The molecular formula is C17H23N3. The van der Waals surface area contributed by atoms with Crippen molar-refractivity contribution in [3.8, 4) is 0 Å². The molecule has 0 fully saturated rings. The van der Waals surface area contributed by atoms with Crippen LogP contribution in [0.5, 0.6) is 0 Å². The summed E-state index contributed by atoms with van der Waals surface area (Å²) in [7, 11) is 2.12. The second-order valence-electron chi connectivity index (χ2n) is 5.49. The van der Waals surface area contributed by atoms with Gasteiger partial charge in [0.2, 0.25) is 0 Å². The SMILES string of the molecule is Cc1cccc(C(C(C)N)N(C)Cc2ccncc2)c1. The van der Waals surface area contributed by atoms with Gasteiger partial charge in [-0.2, -0.15) is 0 Å². The van der Waals surface area contributed by atoms with Gasteiger partial charge < -0.3 is 5.73 Å². The number of aromatic nitrogens is 1. The van der Waals surface area contributed by atoms with Crippen molar-refractivity contribution in [3.63, 3.8) is 0 Å². The predicted molar refractivity (Wildman–Crippen MR) is 83.3 cm³/mol. The number of pyridine rings is 1. The maximum Gasteiger partial charge on any atom is 0.0497 e. The molecule has 0 aliphatic carbocycles. The molecule has 0 aliphatic rings. The summed E-state index contributed by atoms with van der Waals surface area (Å²) in [5.41, 5.74) is 10.0. The number of hydrogen-bond acceptors (Lipinski definition) is 3. The summed E-state index contributed by atoms with van der Waals surface area (Å²) in [4.78, 5) is 6.36. The zero-order valence-electron chi connectivity index (χ0n) is 12.5. The van der Waals surface area contributed by atoms with Crippen molar-refractivity contribution in [3.05, 3.63) is 65.5 Å². The van der Waals surface area contributed by atoms with E-state index in [0.29, 0.717) is 0 Å². The molecule has 3 nitrogen and oxygen atoms in total. The van der Waals surface area contributed by atoms with Crippen molar-refractivity contribution < 1.29 is 0 Å². The van der Waals surface area contributed by atoms with Gasteiger partial charge in [-0.15, -0.1) is 0 Å². The van der Waals surface area contributed by atoms with E-state index in [4.69, 9.17) is 5.73 Å². The van der Waals surface area contributed by atoms with Crippen molar-refractivity contribution in [2.75, 3.05) is 7.05 Å². The third-order valence-corrected chi connectivity index (χ3v) is 3.54. The molecule has 0 bridgehead atoms. The number of likely N-dealkylation sites (N-methyl/N-ethyl adjacent to an activating group) is 1. The second-order valence-corrected chi connectivity index (χ2v) is 5.49. The van der Waals surface area contributed by atoms with E-state index in [1.807, 2.05) is 24.5 Å². The molecule has 0 amide bonds. The number of benzene rings is 1. The Morgan fingerprint density at radius 3 is 2.50 bits per heavy atom. The van der Waals surface area contributed by atoms with Gasteiger partial charge >= 0.3 is 0 Å². The third kappa shape index (κ3) is 3.65. The molecule has 2 atom stereocenters. The molecule has 106 valence electrons. The first-order chi connectivity index (χ1) is 9.58. The highest BCUT2D eigenvalue weighted by Crippen LogP contribution is 2.24. The molecule has 1 heterocycles. The van der Waals surface area contributed by atoms with Gasteiger partial charge in [0.15, 0.2) is 0 Å². The molecule has 20 heavy (non-hydrogen) atoms. The lowest BCUT2D eigenvalue weighted by Gasteiger charge is -2.31. The van der Waals surface area contributed by atoms with Crippen molar-refractivity contribution in [2.45, 2.75) is 32.5 Å². The zero-order chi connectivity index (χ0) is 14.5. The lowest BCUT2D eigenvalue weighted by Crippen LogP contribution is -2.37. The molecule has 3 heteroatoms. The molecular weight excluding hydrogens is 246 g/mol. The fraction of sp³-hybridized carbons (Fsp3) is 0.353. The van der Waals surface area contributed by atoms with E-state index in [9.17, 15) is 0 Å². The van der Waals surface area contributed by atoms with Crippen LogP contribution in [0.25, 0.3) is 0 Å². The number of nitrogens with zero attached hydrogens (tertiary/aromatic N) is 2. The Hall–Kier alpha value is -1.71. The minimum atomic E-state index is 0.0728. The Labute approximate surface area is 121 Å². The first-order valence-corrected chi connectivity index (χ1v) is 6.99. The van der Waals surface area contributed by atoms with Crippen molar-refractivity contribution in [1.82, 2.24) is 9.88 Å². The number of aryl methyl sites for hydroxylation is 1. The van der Waals surface area contributed by atoms with Gasteiger partial charge in [-0.25, -0.2) is 0 Å². The summed E-state index contributed by atoms with van der Waals surface area (Å²) in [6.07, 6.45) is 3.66. The quantitative estimate of drug-likeness (QED) is 0.907. The molecule has 0 spiro atoms. The Balaban J connectivity index is 2.20. The lowest BCUT2D eigenvalue weighted by atomic mass is 9.97. The van der Waals surface area contributed by atoms with Crippen LogP contribution in [0.2, 0.25) is 0 Å². The van der Waals surface area contributed by atoms with E-state index in [1.54, 1.807) is 0 Å². The highest BCUT2D eigenvalue weighted by Gasteiger charge is 2.21. The average molecular weight is 269 g/mol. The van der Waals surface area contributed by atoms with Gasteiger partial charge in [0.05, 0.1) is 0 Å². The van der Waals surface area contributed by atoms with Crippen molar-refractivity contribution in [2.24, 2.45) is 5.73 Å². The van der Waals surface area contributed by atoms with E-state index >= 15 is 0 Å². The maximum absolute atomic E-state index is 6.22. The molecule has 1 aromatic heterocycles. The summed E-state index contributed by atoms with van der Waals surface area (Å²) in [6, 6.07) is 13.0. The van der Waals surface area contributed by atoms with Crippen LogP contribution in [0.15, 0.2) is 48.8 Å².